The van der Waals surface area contributed by atoms with E-state index in [0.29, 0.717) is 24.8 Å². The van der Waals surface area contributed by atoms with Crippen molar-refractivity contribution >= 4 is 11.9 Å². The third kappa shape index (κ3) is 4.58. The van der Waals surface area contributed by atoms with Crippen molar-refractivity contribution in [2.45, 2.75) is 20.4 Å². The number of carbonyl (C=O) groups excluding carboxylic acids is 1. The summed E-state index contributed by atoms with van der Waals surface area (Å²) < 4.78 is 5.15. The highest BCUT2D eigenvalue weighted by molar-refractivity contribution is 5.84. The summed E-state index contributed by atoms with van der Waals surface area (Å²) in [5, 5.41) is 8.74. The van der Waals surface area contributed by atoms with E-state index in [0.717, 1.165) is 0 Å². The fraction of sp³-hybridized carbons (Fsp3) is 0.500. The summed E-state index contributed by atoms with van der Waals surface area (Å²) >= 11 is 0. The molecular weight excluding hydrogens is 236 g/mol. The molecule has 0 aromatic carbocycles. The summed E-state index contributed by atoms with van der Waals surface area (Å²) in [5.74, 6) is -0.742. The van der Waals surface area contributed by atoms with E-state index < -0.39 is 11.9 Å². The Kier molecular flexibility index (Phi) is 4.91. The quantitative estimate of drug-likeness (QED) is 0.754. The van der Waals surface area contributed by atoms with Crippen molar-refractivity contribution in [2.24, 2.45) is 11.7 Å². The number of hydrogen-bond acceptors (Lipinski definition) is 4. The lowest BCUT2D eigenvalue weighted by Gasteiger charge is -2.21. The molecule has 18 heavy (non-hydrogen) atoms. The van der Waals surface area contributed by atoms with Gasteiger partial charge in [0, 0.05) is 6.54 Å². The first-order valence-corrected chi connectivity index (χ1v) is 5.71. The van der Waals surface area contributed by atoms with Gasteiger partial charge in [-0.25, -0.2) is 4.79 Å². The monoisotopic (exact) mass is 254 g/mol. The summed E-state index contributed by atoms with van der Waals surface area (Å²) in [7, 11) is 0. The topological polar surface area (TPSA) is 96.8 Å². The molecular formula is C12H18N2O4. The number of furan rings is 1. The van der Waals surface area contributed by atoms with Crippen molar-refractivity contribution in [1.82, 2.24) is 4.90 Å². The van der Waals surface area contributed by atoms with Crippen molar-refractivity contribution in [3.05, 3.63) is 23.7 Å². The molecule has 1 rings (SSSR count). The maximum absolute atomic E-state index is 11.0. The maximum Gasteiger partial charge on any atom is 0.371 e. The van der Waals surface area contributed by atoms with Gasteiger partial charge < -0.3 is 15.3 Å². The molecule has 1 aromatic heterocycles. The summed E-state index contributed by atoms with van der Waals surface area (Å²) in [4.78, 5) is 23.5. The van der Waals surface area contributed by atoms with E-state index in [1.165, 1.54) is 6.07 Å². The van der Waals surface area contributed by atoms with Crippen LogP contribution in [0.3, 0.4) is 0 Å². The van der Waals surface area contributed by atoms with Gasteiger partial charge in [0.15, 0.2) is 0 Å². The first-order valence-electron chi connectivity index (χ1n) is 5.71. The van der Waals surface area contributed by atoms with Gasteiger partial charge in [0.1, 0.15) is 5.76 Å². The van der Waals surface area contributed by atoms with E-state index in [1.54, 1.807) is 6.07 Å². The zero-order chi connectivity index (χ0) is 13.7. The summed E-state index contributed by atoms with van der Waals surface area (Å²) in [5.41, 5.74) is 5.17. The maximum atomic E-state index is 11.0. The highest BCUT2D eigenvalue weighted by Gasteiger charge is 2.15. The molecule has 0 bridgehead atoms. The number of rotatable bonds is 7. The van der Waals surface area contributed by atoms with Gasteiger partial charge in [0.25, 0.3) is 0 Å². The number of nitrogens with zero attached hydrogens (tertiary/aromatic N) is 1. The lowest BCUT2D eigenvalue weighted by Crippen LogP contribution is -2.35. The molecule has 0 spiro atoms. The van der Waals surface area contributed by atoms with Crippen LogP contribution in [0.4, 0.5) is 0 Å². The fourth-order valence-electron chi connectivity index (χ4n) is 1.72. The molecule has 0 atom stereocenters. The number of nitrogens with two attached hydrogens (primary N) is 1. The number of carboxylic acids is 1. The van der Waals surface area contributed by atoms with Crippen LogP contribution in [0, 0.1) is 5.92 Å². The molecule has 0 saturated carbocycles. The lowest BCUT2D eigenvalue weighted by atomic mass is 10.2. The molecule has 6 heteroatoms. The van der Waals surface area contributed by atoms with Crippen molar-refractivity contribution in [3.8, 4) is 0 Å². The summed E-state index contributed by atoms with van der Waals surface area (Å²) in [6.45, 7) is 5.24. The van der Waals surface area contributed by atoms with E-state index in [1.807, 2.05) is 18.7 Å². The Labute approximate surface area is 105 Å². The van der Waals surface area contributed by atoms with Crippen LogP contribution in [0.5, 0.6) is 0 Å². The van der Waals surface area contributed by atoms with Crippen molar-refractivity contribution in [3.63, 3.8) is 0 Å². The first kappa shape index (κ1) is 14.2. The molecule has 0 aliphatic heterocycles. The van der Waals surface area contributed by atoms with Crippen LogP contribution in [0.25, 0.3) is 0 Å². The van der Waals surface area contributed by atoms with Crippen molar-refractivity contribution in [1.29, 1.82) is 0 Å². The van der Waals surface area contributed by atoms with Crippen LogP contribution in [-0.4, -0.2) is 35.0 Å². The average molecular weight is 254 g/mol. The molecule has 1 amide bonds. The lowest BCUT2D eigenvalue weighted by molar-refractivity contribution is -0.119. The van der Waals surface area contributed by atoms with Gasteiger partial charge in [-0.2, -0.15) is 0 Å². The standard InChI is InChI=1S/C12H18N2O4/c1-8(2)5-14(7-11(13)15)6-9-3-4-10(18-9)12(16)17/h3-4,8H,5-7H2,1-2H3,(H2,13,15)(H,16,17). The first-order chi connectivity index (χ1) is 8.38. The number of aromatic carboxylic acids is 1. The second-order valence-corrected chi connectivity index (χ2v) is 4.60. The number of primary amides is 1. The molecule has 1 aromatic rings. The fourth-order valence-corrected chi connectivity index (χ4v) is 1.72. The van der Waals surface area contributed by atoms with Crippen LogP contribution in [-0.2, 0) is 11.3 Å². The molecule has 0 fully saturated rings. The number of amides is 1. The Morgan fingerprint density at radius 3 is 2.56 bits per heavy atom. The number of carboxylic acid groups (broad SMARTS) is 1. The smallest absolute Gasteiger partial charge is 0.371 e. The normalized spacial score (nSPS) is 11.1. The second kappa shape index (κ2) is 6.20. The summed E-state index contributed by atoms with van der Waals surface area (Å²) in [6.07, 6.45) is 0. The zero-order valence-corrected chi connectivity index (χ0v) is 10.5. The Bertz CT molecular complexity index is 425. The van der Waals surface area contributed by atoms with Crippen molar-refractivity contribution < 1.29 is 19.1 Å². The summed E-state index contributed by atoms with van der Waals surface area (Å²) in [6, 6.07) is 2.99. The predicted octanol–water partition coefficient (Wildman–Crippen LogP) is 0.921. The van der Waals surface area contributed by atoms with Gasteiger partial charge in [-0.3, -0.25) is 9.69 Å². The SMILES string of the molecule is CC(C)CN(CC(N)=O)Cc1ccc(C(=O)O)o1. The Balaban J connectivity index is 2.68. The molecule has 0 saturated heterocycles. The van der Waals surface area contributed by atoms with Gasteiger partial charge in [0.2, 0.25) is 11.7 Å². The van der Waals surface area contributed by atoms with Crippen LogP contribution in [0.15, 0.2) is 16.5 Å². The second-order valence-electron chi connectivity index (χ2n) is 4.60. The average Bonchev–Trinajstić information content (AvgIpc) is 2.63. The third-order valence-electron chi connectivity index (χ3n) is 2.25. The molecule has 3 N–H and O–H groups in total. The highest BCUT2D eigenvalue weighted by Crippen LogP contribution is 2.11. The van der Waals surface area contributed by atoms with Crippen LogP contribution < -0.4 is 5.73 Å². The third-order valence-corrected chi connectivity index (χ3v) is 2.25. The van der Waals surface area contributed by atoms with E-state index in [9.17, 15) is 9.59 Å². The van der Waals surface area contributed by atoms with E-state index in [2.05, 4.69) is 0 Å². The van der Waals surface area contributed by atoms with Crippen LogP contribution >= 0.6 is 0 Å². The number of carbonyl (C=O) groups is 2. The number of hydrogen-bond donors (Lipinski definition) is 2. The molecule has 100 valence electrons. The highest BCUT2D eigenvalue weighted by atomic mass is 16.4. The van der Waals surface area contributed by atoms with Crippen LogP contribution in [0.2, 0.25) is 0 Å². The van der Waals surface area contributed by atoms with Gasteiger partial charge in [-0.1, -0.05) is 13.8 Å². The van der Waals surface area contributed by atoms with Crippen LogP contribution in [0.1, 0.15) is 30.2 Å². The van der Waals surface area contributed by atoms with Gasteiger partial charge >= 0.3 is 5.97 Å². The van der Waals surface area contributed by atoms with Gasteiger partial charge in [0.05, 0.1) is 13.1 Å². The van der Waals surface area contributed by atoms with E-state index in [-0.39, 0.29) is 12.3 Å². The van der Waals surface area contributed by atoms with E-state index >= 15 is 0 Å². The Hall–Kier alpha value is -1.82. The van der Waals surface area contributed by atoms with Crippen molar-refractivity contribution in [2.75, 3.05) is 13.1 Å². The van der Waals surface area contributed by atoms with Gasteiger partial charge in [-0.05, 0) is 18.1 Å². The molecule has 0 aliphatic rings. The molecule has 0 unspecified atom stereocenters. The molecule has 0 radical (unpaired) electrons. The largest absolute Gasteiger partial charge is 0.475 e. The minimum absolute atomic E-state index is 0.103. The Morgan fingerprint density at radius 2 is 2.11 bits per heavy atom. The zero-order valence-electron chi connectivity index (χ0n) is 10.5. The molecule has 6 nitrogen and oxygen atoms in total. The predicted molar refractivity (Wildman–Crippen MR) is 65.0 cm³/mol. The molecule has 0 aliphatic carbocycles. The van der Waals surface area contributed by atoms with E-state index in [4.69, 9.17) is 15.3 Å². The minimum Gasteiger partial charge on any atom is -0.475 e. The van der Waals surface area contributed by atoms with Gasteiger partial charge in [-0.15, -0.1) is 0 Å². The molecule has 1 heterocycles. The minimum atomic E-state index is -1.11. The Morgan fingerprint density at radius 1 is 1.44 bits per heavy atom.